The average molecular weight is 358 g/mol. The number of rotatable bonds is 7. The Labute approximate surface area is 150 Å². The highest BCUT2D eigenvalue weighted by atomic mass is 16.5. The maximum atomic E-state index is 12.7. The second-order valence-corrected chi connectivity index (χ2v) is 6.51. The zero-order chi connectivity index (χ0) is 18.5. The number of nitrogens with zero attached hydrogens (tertiary/aromatic N) is 1. The first-order valence-corrected chi connectivity index (χ1v) is 8.75. The highest BCUT2D eigenvalue weighted by molar-refractivity contribution is 5.83. The van der Waals surface area contributed by atoms with Crippen molar-refractivity contribution < 1.29 is 19.4 Å². The van der Waals surface area contributed by atoms with Gasteiger partial charge in [-0.2, -0.15) is 0 Å². The minimum Gasteiger partial charge on any atom is -0.481 e. The molecule has 1 aliphatic heterocycles. The summed E-state index contributed by atoms with van der Waals surface area (Å²) < 4.78 is 5.56. The van der Waals surface area contributed by atoms with Gasteiger partial charge >= 0.3 is 5.97 Å². The summed E-state index contributed by atoms with van der Waals surface area (Å²) in [5.41, 5.74) is 0.796. The Hall–Kier alpha value is -2.67. The van der Waals surface area contributed by atoms with Crippen molar-refractivity contribution in [3.63, 3.8) is 0 Å². The number of hydrogen-bond acceptors (Lipinski definition) is 4. The minimum atomic E-state index is -0.960. The van der Waals surface area contributed by atoms with Crippen LogP contribution in [-0.2, 0) is 20.7 Å². The summed E-state index contributed by atoms with van der Waals surface area (Å²) in [5.74, 6) is -1.22. The summed E-state index contributed by atoms with van der Waals surface area (Å²) in [7, 11) is 0. The lowest BCUT2D eigenvalue weighted by Gasteiger charge is -2.25. The number of aromatic nitrogens is 1. The zero-order valence-electron chi connectivity index (χ0n) is 14.4. The normalized spacial score (nSPS) is 16.7. The summed E-state index contributed by atoms with van der Waals surface area (Å²) in [5, 5.41) is 9.79. The molecule has 0 bridgehead atoms. The van der Waals surface area contributed by atoms with Gasteiger partial charge in [-0.05, 0) is 30.4 Å². The van der Waals surface area contributed by atoms with Gasteiger partial charge in [0.15, 0.2) is 0 Å². The Morgan fingerprint density at radius 3 is 2.85 bits per heavy atom. The smallest absolute Gasteiger partial charge is 0.305 e. The number of ether oxygens (including phenoxy) is 1. The van der Waals surface area contributed by atoms with Crippen LogP contribution in [0.25, 0.3) is 10.9 Å². The number of aliphatic carboxylic acids is 1. The van der Waals surface area contributed by atoms with E-state index in [0.29, 0.717) is 18.7 Å². The molecule has 0 spiro atoms. The van der Waals surface area contributed by atoms with E-state index in [2.05, 4.69) is 4.98 Å². The summed E-state index contributed by atoms with van der Waals surface area (Å²) in [6, 6.07) is 9.08. The molecular formula is C19H22N2O5. The Balaban J connectivity index is 1.76. The van der Waals surface area contributed by atoms with Crippen molar-refractivity contribution in [2.24, 2.45) is 0 Å². The first-order valence-electron chi connectivity index (χ1n) is 8.75. The first kappa shape index (κ1) is 18.1. The predicted molar refractivity (Wildman–Crippen MR) is 96.1 cm³/mol. The van der Waals surface area contributed by atoms with E-state index in [1.165, 1.54) is 4.90 Å². The third kappa shape index (κ3) is 4.49. The van der Waals surface area contributed by atoms with Gasteiger partial charge in [-0.25, -0.2) is 0 Å². The predicted octanol–water partition coefficient (Wildman–Crippen LogP) is 1.55. The molecule has 26 heavy (non-hydrogen) atoms. The van der Waals surface area contributed by atoms with E-state index in [1.54, 1.807) is 12.1 Å². The van der Waals surface area contributed by atoms with Gasteiger partial charge in [0.05, 0.1) is 18.9 Å². The number of nitrogens with one attached hydrogen (secondary N) is 1. The molecule has 1 fully saturated rings. The molecule has 138 valence electrons. The van der Waals surface area contributed by atoms with Crippen molar-refractivity contribution in [3.8, 4) is 0 Å². The molecule has 1 aromatic heterocycles. The highest BCUT2D eigenvalue weighted by Crippen LogP contribution is 2.15. The maximum absolute atomic E-state index is 12.7. The molecule has 1 aliphatic rings. The van der Waals surface area contributed by atoms with Crippen molar-refractivity contribution in [3.05, 3.63) is 46.2 Å². The topological polar surface area (TPSA) is 99.7 Å². The maximum Gasteiger partial charge on any atom is 0.305 e. The summed E-state index contributed by atoms with van der Waals surface area (Å²) in [4.78, 5) is 40.2. The number of H-pyrrole nitrogens is 1. The largest absolute Gasteiger partial charge is 0.481 e. The molecule has 1 saturated heterocycles. The van der Waals surface area contributed by atoms with Crippen LogP contribution in [0.4, 0.5) is 0 Å². The molecule has 0 unspecified atom stereocenters. The molecule has 2 aromatic rings. The van der Waals surface area contributed by atoms with Gasteiger partial charge in [0, 0.05) is 30.8 Å². The second-order valence-electron chi connectivity index (χ2n) is 6.51. The average Bonchev–Trinajstić information content (AvgIpc) is 3.12. The highest BCUT2D eigenvalue weighted by Gasteiger charge is 2.23. The van der Waals surface area contributed by atoms with Gasteiger partial charge in [0.25, 0.3) is 5.56 Å². The SMILES string of the molecule is O=C(O)CCN(C[C@@H]1CCCO1)C(=O)Cc1cc2ccccc2[nH]c1=O. The van der Waals surface area contributed by atoms with E-state index in [9.17, 15) is 14.4 Å². The lowest BCUT2D eigenvalue weighted by Crippen LogP contribution is -2.40. The number of fused-ring (bicyclic) bond motifs is 1. The number of pyridine rings is 1. The van der Waals surface area contributed by atoms with E-state index >= 15 is 0 Å². The lowest BCUT2D eigenvalue weighted by molar-refractivity contribution is -0.139. The summed E-state index contributed by atoms with van der Waals surface area (Å²) in [6.07, 6.45) is 1.53. The summed E-state index contributed by atoms with van der Waals surface area (Å²) in [6.45, 7) is 1.13. The molecule has 1 atom stereocenters. The molecule has 0 aliphatic carbocycles. The van der Waals surface area contributed by atoms with Gasteiger partial charge < -0.3 is 19.7 Å². The Morgan fingerprint density at radius 2 is 2.12 bits per heavy atom. The first-order chi connectivity index (χ1) is 12.5. The van der Waals surface area contributed by atoms with E-state index in [0.717, 1.165) is 23.7 Å². The van der Waals surface area contributed by atoms with Crippen LogP contribution in [0, 0.1) is 0 Å². The molecule has 3 rings (SSSR count). The quantitative estimate of drug-likeness (QED) is 0.782. The van der Waals surface area contributed by atoms with Crippen molar-refractivity contribution in [1.82, 2.24) is 9.88 Å². The number of aromatic amines is 1. The van der Waals surface area contributed by atoms with Crippen molar-refractivity contribution in [1.29, 1.82) is 0 Å². The fourth-order valence-corrected chi connectivity index (χ4v) is 3.18. The number of para-hydroxylation sites is 1. The third-order valence-corrected chi connectivity index (χ3v) is 4.57. The molecule has 2 N–H and O–H groups in total. The number of carbonyl (C=O) groups excluding carboxylic acids is 1. The molecular weight excluding hydrogens is 336 g/mol. The van der Waals surface area contributed by atoms with Crippen LogP contribution in [0.5, 0.6) is 0 Å². The molecule has 7 nitrogen and oxygen atoms in total. The minimum absolute atomic E-state index is 0.0630. The number of amides is 1. The fraction of sp³-hybridized carbons (Fsp3) is 0.421. The fourth-order valence-electron chi connectivity index (χ4n) is 3.18. The van der Waals surface area contributed by atoms with E-state index < -0.39 is 5.97 Å². The van der Waals surface area contributed by atoms with E-state index in [1.807, 2.05) is 18.2 Å². The summed E-state index contributed by atoms with van der Waals surface area (Å²) >= 11 is 0. The van der Waals surface area contributed by atoms with Crippen LogP contribution in [0.2, 0.25) is 0 Å². The van der Waals surface area contributed by atoms with Gasteiger partial charge in [-0.3, -0.25) is 14.4 Å². The van der Waals surface area contributed by atoms with Crippen LogP contribution in [0.15, 0.2) is 35.1 Å². The van der Waals surface area contributed by atoms with Crippen LogP contribution in [0.3, 0.4) is 0 Å². The van der Waals surface area contributed by atoms with Gasteiger partial charge in [0.2, 0.25) is 5.91 Å². The number of benzene rings is 1. The molecule has 2 heterocycles. The lowest BCUT2D eigenvalue weighted by atomic mass is 10.1. The molecule has 7 heteroatoms. The Morgan fingerprint density at radius 1 is 1.31 bits per heavy atom. The van der Waals surface area contributed by atoms with Crippen LogP contribution >= 0.6 is 0 Å². The number of hydrogen-bond donors (Lipinski definition) is 2. The third-order valence-electron chi connectivity index (χ3n) is 4.57. The van der Waals surface area contributed by atoms with E-state index in [-0.39, 0.29) is 37.0 Å². The van der Waals surface area contributed by atoms with Crippen LogP contribution < -0.4 is 5.56 Å². The Kier molecular flexibility index (Phi) is 5.68. The van der Waals surface area contributed by atoms with Crippen LogP contribution in [-0.4, -0.2) is 52.7 Å². The van der Waals surface area contributed by atoms with Crippen molar-refractivity contribution >= 4 is 22.8 Å². The van der Waals surface area contributed by atoms with Crippen molar-refractivity contribution in [2.75, 3.05) is 19.7 Å². The molecule has 1 amide bonds. The molecule has 0 radical (unpaired) electrons. The van der Waals surface area contributed by atoms with Gasteiger partial charge in [-0.15, -0.1) is 0 Å². The monoisotopic (exact) mass is 358 g/mol. The van der Waals surface area contributed by atoms with E-state index in [4.69, 9.17) is 9.84 Å². The molecule has 1 aromatic carbocycles. The standard InChI is InChI=1S/C19H22N2O5/c22-17(21(8-7-18(23)24)12-15-5-3-9-26-15)11-14-10-13-4-1-2-6-16(13)20-19(14)25/h1-2,4,6,10,15H,3,5,7-9,11-12H2,(H,20,25)(H,23,24)/t15-/m0/s1. The zero-order valence-corrected chi connectivity index (χ0v) is 14.4. The van der Waals surface area contributed by atoms with Gasteiger partial charge in [-0.1, -0.05) is 18.2 Å². The number of carboxylic acids is 1. The van der Waals surface area contributed by atoms with Gasteiger partial charge in [0.1, 0.15) is 0 Å². The number of carbonyl (C=O) groups is 2. The van der Waals surface area contributed by atoms with Crippen LogP contribution in [0.1, 0.15) is 24.8 Å². The number of carboxylic acid groups (broad SMARTS) is 1. The second kappa shape index (κ2) is 8.14. The Bertz CT molecular complexity index is 854. The molecule has 0 saturated carbocycles. The van der Waals surface area contributed by atoms with Crippen molar-refractivity contribution in [2.45, 2.75) is 31.8 Å².